The molecule has 0 N–H and O–H groups in total. The summed E-state index contributed by atoms with van der Waals surface area (Å²) in [6.07, 6.45) is 19.5. The Labute approximate surface area is 160 Å². The minimum atomic E-state index is -0.312. The molecule has 0 spiro atoms. The summed E-state index contributed by atoms with van der Waals surface area (Å²) < 4.78 is 12.3. The van der Waals surface area contributed by atoms with Gasteiger partial charge in [0, 0.05) is 18.4 Å². The first kappa shape index (κ1) is 19.3. The molecule has 1 fully saturated rings. The summed E-state index contributed by atoms with van der Waals surface area (Å²) in [6, 6.07) is 8.49. The van der Waals surface area contributed by atoms with Crippen molar-refractivity contribution in [2.24, 2.45) is 11.8 Å². The lowest BCUT2D eigenvalue weighted by Crippen LogP contribution is -2.24. The van der Waals surface area contributed by atoms with Gasteiger partial charge in [0.05, 0.1) is 15.6 Å². The Morgan fingerprint density at radius 1 is 0.962 bits per heavy atom. The summed E-state index contributed by atoms with van der Waals surface area (Å²) in [5.74, 6) is 1.32. The fourth-order valence-electron chi connectivity index (χ4n) is 3.97. The average Bonchev–Trinajstić information content (AvgIpc) is 3.27. The quantitative estimate of drug-likeness (QED) is 0.530. The summed E-state index contributed by atoms with van der Waals surface area (Å²) in [4.78, 5) is 0. The minimum Gasteiger partial charge on any atom is -0.381 e. The number of hydrogen-bond donors (Lipinski definition) is 0. The molecule has 0 aromatic heterocycles. The largest absolute Gasteiger partial charge is 0.381 e. The second-order valence-electron chi connectivity index (χ2n) is 7.34. The summed E-state index contributed by atoms with van der Waals surface area (Å²) >= 11 is 0. The number of ether oxygens (including phenoxy) is 2. The predicted octanol–water partition coefficient (Wildman–Crippen LogP) is 4.81. The third kappa shape index (κ3) is 4.85. The van der Waals surface area contributed by atoms with Crippen molar-refractivity contribution in [3.63, 3.8) is 0 Å². The van der Waals surface area contributed by atoms with E-state index >= 15 is 0 Å². The Kier molecular flexibility index (Phi) is 7.48. The Hall–Kier alpha value is -1.42. The van der Waals surface area contributed by atoms with E-state index in [0.29, 0.717) is 17.9 Å². The maximum absolute atomic E-state index is 6.19. The molecule has 0 aliphatic heterocycles. The van der Waals surface area contributed by atoms with Gasteiger partial charge in [-0.1, -0.05) is 81.0 Å². The molecule has 2 nitrogen and oxygen atoms in total. The first-order valence-electron chi connectivity index (χ1n) is 10.2. The van der Waals surface area contributed by atoms with Crippen molar-refractivity contribution in [2.75, 3.05) is 12.5 Å². The second kappa shape index (κ2) is 10.1. The van der Waals surface area contributed by atoms with Gasteiger partial charge in [-0.15, -0.1) is 0 Å². The molecule has 4 rings (SSSR count). The van der Waals surface area contributed by atoms with Crippen LogP contribution in [-0.2, 0) is 9.47 Å². The van der Waals surface area contributed by atoms with Gasteiger partial charge in [-0.3, -0.25) is 0 Å². The fourth-order valence-corrected chi connectivity index (χ4v) is 4.98. The van der Waals surface area contributed by atoms with Crippen molar-refractivity contribution in [1.82, 2.24) is 0 Å². The van der Waals surface area contributed by atoms with Crippen LogP contribution in [0.4, 0.5) is 0 Å². The van der Waals surface area contributed by atoms with Crippen molar-refractivity contribution in [3.8, 4) is 0 Å². The highest BCUT2D eigenvalue weighted by atomic mass is 28.2. The normalized spacial score (nSPS) is 28.2. The molecule has 0 heterocycles. The lowest BCUT2D eigenvalue weighted by atomic mass is 9.91. The van der Waals surface area contributed by atoms with Gasteiger partial charge in [0.2, 0.25) is 0 Å². The zero-order chi connectivity index (χ0) is 18.2. The topological polar surface area (TPSA) is 18.5 Å². The number of hydrogen-bond acceptors (Lipinski definition) is 2. The van der Waals surface area contributed by atoms with Gasteiger partial charge in [0.15, 0.2) is 0 Å². The Balaban J connectivity index is 0.000000613. The van der Waals surface area contributed by atoms with Gasteiger partial charge < -0.3 is 9.47 Å². The zero-order valence-corrected chi connectivity index (χ0v) is 17.6. The molecular formula is C23H32O2Si. The van der Waals surface area contributed by atoms with Gasteiger partial charge in [0.1, 0.15) is 6.10 Å². The molecular weight excluding hydrogens is 336 g/mol. The maximum Gasteiger partial charge on any atom is 0.101 e. The van der Waals surface area contributed by atoms with Crippen LogP contribution in [0.1, 0.15) is 50.3 Å². The average molecular weight is 369 g/mol. The molecule has 0 radical (unpaired) electrons. The van der Waals surface area contributed by atoms with Gasteiger partial charge >= 0.3 is 0 Å². The van der Waals surface area contributed by atoms with E-state index < -0.39 is 0 Å². The van der Waals surface area contributed by atoms with Crippen LogP contribution in [0.3, 0.4) is 0 Å². The smallest absolute Gasteiger partial charge is 0.101 e. The molecule has 3 aliphatic carbocycles. The summed E-state index contributed by atoms with van der Waals surface area (Å²) in [6.45, 7) is 4.25. The number of fused-ring (bicyclic) bond motifs is 2. The molecule has 1 aromatic rings. The highest BCUT2D eigenvalue weighted by Crippen LogP contribution is 2.37. The van der Waals surface area contributed by atoms with Crippen LogP contribution in [-0.4, -0.2) is 28.1 Å². The van der Waals surface area contributed by atoms with E-state index in [2.05, 4.69) is 74.6 Å². The molecule has 3 aliphatic rings. The van der Waals surface area contributed by atoms with Crippen LogP contribution in [0.2, 0.25) is 0 Å². The van der Waals surface area contributed by atoms with Crippen LogP contribution >= 0.6 is 0 Å². The Bertz CT molecular complexity index is 649. The van der Waals surface area contributed by atoms with Crippen molar-refractivity contribution in [3.05, 3.63) is 65.8 Å². The first-order chi connectivity index (χ1) is 12.8. The number of rotatable bonds is 6. The van der Waals surface area contributed by atoms with Crippen molar-refractivity contribution >= 4 is 15.6 Å². The lowest BCUT2D eigenvalue weighted by Gasteiger charge is -2.22. The maximum atomic E-state index is 6.19. The monoisotopic (exact) mass is 368 g/mol. The van der Waals surface area contributed by atoms with Gasteiger partial charge in [-0.25, -0.2) is 0 Å². The van der Waals surface area contributed by atoms with Gasteiger partial charge in [-0.05, 0) is 29.9 Å². The molecule has 4 atom stereocenters. The van der Waals surface area contributed by atoms with E-state index in [9.17, 15) is 0 Å². The number of benzene rings is 1. The molecule has 3 heteroatoms. The van der Waals surface area contributed by atoms with Crippen molar-refractivity contribution in [1.29, 1.82) is 0 Å². The minimum absolute atomic E-state index is 0.154. The third-order valence-corrected chi connectivity index (χ3v) is 6.23. The van der Waals surface area contributed by atoms with Crippen LogP contribution in [0.25, 0.3) is 6.08 Å². The van der Waals surface area contributed by atoms with Gasteiger partial charge in [-0.2, -0.15) is 0 Å². The third-order valence-electron chi connectivity index (χ3n) is 5.18. The summed E-state index contributed by atoms with van der Waals surface area (Å²) in [7, 11) is -0.312. The van der Waals surface area contributed by atoms with Crippen LogP contribution in [0.5, 0.6) is 0 Å². The predicted molar refractivity (Wildman–Crippen MR) is 113 cm³/mol. The lowest BCUT2D eigenvalue weighted by molar-refractivity contribution is 0.0617. The molecule has 0 saturated heterocycles. The standard InChI is InChI=1S/C20H24O2Si.C3H8/c1-3-7-17-15(5-1)9-11-19(17)21-13-23-14-22-20-12-10-16-6-2-4-8-18(16)20;1-3-2/h1-9,11,16,18-20H,10,12-14,23H2;3H2,1-2H3. The second-order valence-corrected chi connectivity index (χ2v) is 8.86. The highest BCUT2D eigenvalue weighted by molar-refractivity contribution is 6.35. The van der Waals surface area contributed by atoms with E-state index in [0.717, 1.165) is 12.5 Å². The fraction of sp³-hybridized carbons (Fsp3) is 0.478. The highest BCUT2D eigenvalue weighted by Gasteiger charge is 2.34. The molecule has 1 saturated carbocycles. The molecule has 140 valence electrons. The van der Waals surface area contributed by atoms with E-state index in [1.807, 2.05) is 0 Å². The molecule has 1 aromatic carbocycles. The summed E-state index contributed by atoms with van der Waals surface area (Å²) in [5, 5.41) is 0. The van der Waals surface area contributed by atoms with E-state index in [-0.39, 0.29) is 15.6 Å². The molecule has 0 amide bonds. The van der Waals surface area contributed by atoms with Crippen molar-refractivity contribution in [2.45, 2.75) is 45.3 Å². The van der Waals surface area contributed by atoms with Crippen LogP contribution in [0.15, 0.2) is 54.6 Å². The molecule has 0 bridgehead atoms. The number of allylic oxidation sites excluding steroid dienone is 3. The van der Waals surface area contributed by atoms with E-state index in [4.69, 9.17) is 9.47 Å². The van der Waals surface area contributed by atoms with Crippen LogP contribution in [0, 0.1) is 11.8 Å². The summed E-state index contributed by atoms with van der Waals surface area (Å²) in [5.41, 5.74) is 2.60. The molecule has 26 heavy (non-hydrogen) atoms. The van der Waals surface area contributed by atoms with E-state index in [1.54, 1.807) is 0 Å². The van der Waals surface area contributed by atoms with Crippen molar-refractivity contribution < 1.29 is 9.47 Å². The van der Waals surface area contributed by atoms with Gasteiger partial charge in [0.25, 0.3) is 0 Å². The molecule has 4 unspecified atom stereocenters. The first-order valence-corrected chi connectivity index (χ1v) is 12.2. The Morgan fingerprint density at radius 2 is 1.73 bits per heavy atom. The SMILES string of the molecule is C1=CC2CCC(OC[SiH2]COC3C=Cc4ccccc43)C2C=C1.CCC. The van der Waals surface area contributed by atoms with Crippen LogP contribution < -0.4 is 0 Å². The van der Waals surface area contributed by atoms with E-state index in [1.165, 1.54) is 30.4 Å². The Morgan fingerprint density at radius 3 is 2.62 bits per heavy atom. The zero-order valence-electron chi connectivity index (χ0n) is 16.1.